The SMILES string of the molecule is CCNc1ccc(Cl)c(C(=O)Nc2cc(F)ccc2C)n1. The Hall–Kier alpha value is -2.14. The van der Waals surface area contributed by atoms with Crippen LogP contribution in [0.25, 0.3) is 0 Å². The molecule has 1 amide bonds. The molecule has 0 bridgehead atoms. The normalized spacial score (nSPS) is 10.3. The van der Waals surface area contributed by atoms with Crippen molar-refractivity contribution in [2.24, 2.45) is 0 Å². The zero-order valence-corrected chi connectivity index (χ0v) is 12.5. The first-order chi connectivity index (χ1) is 10.0. The molecular formula is C15H15ClFN3O. The number of amides is 1. The first-order valence-corrected chi connectivity index (χ1v) is 6.87. The Morgan fingerprint density at radius 2 is 2.10 bits per heavy atom. The molecule has 1 aromatic carbocycles. The van der Waals surface area contributed by atoms with Crippen molar-refractivity contribution >= 4 is 29.0 Å². The van der Waals surface area contributed by atoms with Crippen molar-refractivity contribution in [2.45, 2.75) is 13.8 Å². The van der Waals surface area contributed by atoms with Gasteiger partial charge in [0.1, 0.15) is 17.3 Å². The van der Waals surface area contributed by atoms with Crippen molar-refractivity contribution in [1.29, 1.82) is 0 Å². The maximum absolute atomic E-state index is 13.2. The van der Waals surface area contributed by atoms with Gasteiger partial charge in [-0.1, -0.05) is 17.7 Å². The van der Waals surface area contributed by atoms with Crippen LogP contribution in [0.1, 0.15) is 23.0 Å². The Bertz CT molecular complexity index is 676. The molecule has 1 aromatic heterocycles. The van der Waals surface area contributed by atoms with Crippen molar-refractivity contribution in [3.8, 4) is 0 Å². The number of rotatable bonds is 4. The van der Waals surface area contributed by atoms with Crippen LogP contribution in [-0.2, 0) is 0 Å². The molecular weight excluding hydrogens is 293 g/mol. The summed E-state index contributed by atoms with van der Waals surface area (Å²) in [7, 11) is 0. The molecule has 0 unspecified atom stereocenters. The van der Waals surface area contributed by atoms with Gasteiger partial charge in [-0.05, 0) is 43.7 Å². The fraction of sp³-hybridized carbons (Fsp3) is 0.200. The number of benzene rings is 1. The monoisotopic (exact) mass is 307 g/mol. The van der Waals surface area contributed by atoms with Gasteiger partial charge in [0.05, 0.1) is 5.02 Å². The van der Waals surface area contributed by atoms with E-state index < -0.39 is 11.7 Å². The van der Waals surface area contributed by atoms with Gasteiger partial charge in [-0.25, -0.2) is 9.37 Å². The molecule has 0 radical (unpaired) electrons. The molecule has 0 aliphatic carbocycles. The third-order valence-corrected chi connectivity index (χ3v) is 3.17. The number of anilines is 2. The van der Waals surface area contributed by atoms with E-state index in [0.717, 1.165) is 5.56 Å². The summed E-state index contributed by atoms with van der Waals surface area (Å²) in [5.41, 5.74) is 1.24. The van der Waals surface area contributed by atoms with Crippen molar-refractivity contribution in [3.05, 3.63) is 52.4 Å². The molecule has 0 atom stereocenters. The van der Waals surface area contributed by atoms with E-state index in [-0.39, 0.29) is 10.7 Å². The highest BCUT2D eigenvalue weighted by Crippen LogP contribution is 2.20. The van der Waals surface area contributed by atoms with Crippen LogP contribution in [0.3, 0.4) is 0 Å². The van der Waals surface area contributed by atoms with Crippen LogP contribution in [0, 0.1) is 12.7 Å². The zero-order valence-electron chi connectivity index (χ0n) is 11.7. The van der Waals surface area contributed by atoms with Crippen molar-refractivity contribution in [3.63, 3.8) is 0 Å². The van der Waals surface area contributed by atoms with E-state index in [4.69, 9.17) is 11.6 Å². The quantitative estimate of drug-likeness (QED) is 0.901. The maximum atomic E-state index is 13.2. The summed E-state index contributed by atoms with van der Waals surface area (Å²) in [6.45, 7) is 4.38. The molecule has 2 N–H and O–H groups in total. The summed E-state index contributed by atoms with van der Waals surface area (Å²) in [4.78, 5) is 16.4. The standard InChI is InChI=1S/C15H15ClFN3O/c1-3-18-13-7-6-11(16)14(20-13)15(21)19-12-8-10(17)5-4-9(12)2/h4-8H,3H2,1-2H3,(H,18,20)(H,19,21). The molecule has 6 heteroatoms. The Morgan fingerprint density at radius 1 is 1.33 bits per heavy atom. The van der Waals surface area contributed by atoms with Crippen LogP contribution >= 0.6 is 11.6 Å². The van der Waals surface area contributed by atoms with Crippen LogP contribution in [0.5, 0.6) is 0 Å². The summed E-state index contributed by atoms with van der Waals surface area (Å²) in [6.07, 6.45) is 0. The Kier molecular flexibility index (Phi) is 4.75. The lowest BCUT2D eigenvalue weighted by molar-refractivity contribution is 0.102. The number of aryl methyl sites for hydroxylation is 1. The number of carbonyl (C=O) groups excluding carboxylic acids is 1. The predicted octanol–water partition coefficient (Wildman–Crippen LogP) is 3.87. The summed E-state index contributed by atoms with van der Waals surface area (Å²) >= 11 is 6.00. The highest BCUT2D eigenvalue weighted by Gasteiger charge is 2.14. The Labute approximate surface area is 127 Å². The van der Waals surface area contributed by atoms with Crippen LogP contribution < -0.4 is 10.6 Å². The van der Waals surface area contributed by atoms with Crippen molar-refractivity contribution < 1.29 is 9.18 Å². The number of nitrogens with one attached hydrogen (secondary N) is 2. The van der Waals surface area contributed by atoms with Crippen LogP contribution in [-0.4, -0.2) is 17.4 Å². The third-order valence-electron chi connectivity index (χ3n) is 2.87. The molecule has 2 aromatic rings. The minimum Gasteiger partial charge on any atom is -0.370 e. The average Bonchev–Trinajstić information content (AvgIpc) is 2.45. The largest absolute Gasteiger partial charge is 0.370 e. The molecule has 0 saturated heterocycles. The topological polar surface area (TPSA) is 54.0 Å². The minimum atomic E-state index is -0.478. The van der Waals surface area contributed by atoms with E-state index in [2.05, 4.69) is 15.6 Å². The smallest absolute Gasteiger partial charge is 0.275 e. The second kappa shape index (κ2) is 6.54. The fourth-order valence-corrected chi connectivity index (χ4v) is 1.98. The number of hydrogen-bond donors (Lipinski definition) is 2. The number of halogens is 2. The van der Waals surface area contributed by atoms with Crippen LogP contribution in [0.15, 0.2) is 30.3 Å². The molecule has 0 aliphatic rings. The van der Waals surface area contributed by atoms with Crippen LogP contribution in [0.4, 0.5) is 15.9 Å². The molecule has 21 heavy (non-hydrogen) atoms. The second-order valence-corrected chi connectivity index (χ2v) is 4.88. The van der Waals surface area contributed by atoms with Gasteiger partial charge in [0.25, 0.3) is 5.91 Å². The number of nitrogens with zero attached hydrogens (tertiary/aromatic N) is 1. The van der Waals surface area contributed by atoms with Gasteiger partial charge in [-0.15, -0.1) is 0 Å². The predicted molar refractivity (Wildman–Crippen MR) is 82.5 cm³/mol. The van der Waals surface area contributed by atoms with E-state index in [1.54, 1.807) is 25.1 Å². The highest BCUT2D eigenvalue weighted by molar-refractivity contribution is 6.34. The highest BCUT2D eigenvalue weighted by atomic mass is 35.5. The van der Waals surface area contributed by atoms with Gasteiger partial charge < -0.3 is 10.6 Å². The van der Waals surface area contributed by atoms with Gasteiger partial charge in [-0.3, -0.25) is 4.79 Å². The lowest BCUT2D eigenvalue weighted by Crippen LogP contribution is -2.16. The number of pyridine rings is 1. The van der Waals surface area contributed by atoms with E-state index in [9.17, 15) is 9.18 Å². The molecule has 0 aliphatic heterocycles. The Morgan fingerprint density at radius 3 is 2.81 bits per heavy atom. The maximum Gasteiger partial charge on any atom is 0.275 e. The van der Waals surface area contributed by atoms with E-state index >= 15 is 0 Å². The first kappa shape index (κ1) is 15.3. The number of hydrogen-bond acceptors (Lipinski definition) is 3. The molecule has 110 valence electrons. The second-order valence-electron chi connectivity index (χ2n) is 4.47. The van der Waals surface area contributed by atoms with Crippen molar-refractivity contribution in [1.82, 2.24) is 4.98 Å². The first-order valence-electron chi connectivity index (χ1n) is 6.49. The van der Waals surface area contributed by atoms with Gasteiger partial charge in [0.15, 0.2) is 0 Å². The molecule has 0 spiro atoms. The lowest BCUT2D eigenvalue weighted by Gasteiger charge is -2.10. The fourth-order valence-electron chi connectivity index (χ4n) is 1.79. The lowest BCUT2D eigenvalue weighted by atomic mass is 10.2. The van der Waals surface area contributed by atoms with E-state index in [1.807, 2.05) is 6.92 Å². The van der Waals surface area contributed by atoms with Crippen LogP contribution in [0.2, 0.25) is 5.02 Å². The molecule has 1 heterocycles. The molecule has 0 saturated carbocycles. The zero-order chi connectivity index (χ0) is 15.4. The summed E-state index contributed by atoms with van der Waals surface area (Å²) in [5, 5.41) is 5.87. The number of carbonyl (C=O) groups is 1. The molecule has 2 rings (SSSR count). The minimum absolute atomic E-state index is 0.0961. The van der Waals surface area contributed by atoms with Crippen molar-refractivity contribution in [2.75, 3.05) is 17.2 Å². The van der Waals surface area contributed by atoms with E-state index in [0.29, 0.717) is 18.1 Å². The summed E-state index contributed by atoms with van der Waals surface area (Å²) in [5.74, 6) is -0.340. The third kappa shape index (κ3) is 3.70. The van der Waals surface area contributed by atoms with Gasteiger partial charge in [0.2, 0.25) is 0 Å². The molecule has 0 fully saturated rings. The average molecular weight is 308 g/mol. The number of aromatic nitrogens is 1. The van der Waals surface area contributed by atoms with Gasteiger partial charge in [-0.2, -0.15) is 0 Å². The Balaban J connectivity index is 2.27. The summed E-state index contributed by atoms with van der Waals surface area (Å²) < 4.78 is 13.2. The van der Waals surface area contributed by atoms with E-state index in [1.165, 1.54) is 12.1 Å². The molecule has 4 nitrogen and oxygen atoms in total. The van der Waals surface area contributed by atoms with Gasteiger partial charge >= 0.3 is 0 Å². The summed E-state index contributed by atoms with van der Waals surface area (Å²) in [6, 6.07) is 7.47. The van der Waals surface area contributed by atoms with Gasteiger partial charge in [0, 0.05) is 12.2 Å².